The molecule has 1 atom stereocenters. The lowest BCUT2D eigenvalue weighted by Crippen LogP contribution is -2.25. The molecule has 0 saturated carbocycles. The maximum Gasteiger partial charge on any atom is 0.258 e. The Balaban J connectivity index is 1.65. The van der Waals surface area contributed by atoms with Gasteiger partial charge in [-0.1, -0.05) is 6.07 Å². The van der Waals surface area contributed by atoms with E-state index in [9.17, 15) is 4.79 Å². The molecule has 0 unspecified atom stereocenters. The first-order chi connectivity index (χ1) is 11.2. The summed E-state index contributed by atoms with van der Waals surface area (Å²) in [5.74, 6) is 0. The fourth-order valence-corrected chi connectivity index (χ4v) is 4.11. The normalized spacial score (nSPS) is 18.7. The van der Waals surface area contributed by atoms with E-state index in [4.69, 9.17) is 0 Å². The van der Waals surface area contributed by atoms with Crippen LogP contribution in [0, 0.1) is 6.92 Å². The molecule has 1 saturated heterocycles. The summed E-state index contributed by atoms with van der Waals surface area (Å²) in [6.45, 7) is 3.78. The minimum atomic E-state index is -0.0000183. The molecule has 0 amide bonds. The number of likely N-dealkylation sites (tertiary alicyclic amines) is 1. The first-order valence-electron chi connectivity index (χ1n) is 7.96. The lowest BCUT2D eigenvalue weighted by atomic mass is 10.1. The Kier molecular flexibility index (Phi) is 3.75. The van der Waals surface area contributed by atoms with E-state index in [0.29, 0.717) is 6.04 Å². The molecular formula is C18H19N3OS. The summed E-state index contributed by atoms with van der Waals surface area (Å²) in [6, 6.07) is 8.25. The minimum absolute atomic E-state index is 0.0000183. The second-order valence-corrected chi connectivity index (χ2v) is 6.99. The molecule has 0 radical (unpaired) electrons. The van der Waals surface area contributed by atoms with Crippen LogP contribution in [-0.4, -0.2) is 20.8 Å². The summed E-state index contributed by atoms with van der Waals surface area (Å²) in [4.78, 5) is 19.5. The third-order valence-electron chi connectivity index (χ3n) is 4.52. The molecule has 23 heavy (non-hydrogen) atoms. The van der Waals surface area contributed by atoms with Crippen LogP contribution in [0.1, 0.15) is 35.7 Å². The molecule has 1 aliphatic rings. The van der Waals surface area contributed by atoms with Crippen LogP contribution < -0.4 is 5.56 Å². The number of aryl methyl sites for hydroxylation is 1. The van der Waals surface area contributed by atoms with Crippen molar-refractivity contribution in [2.75, 3.05) is 6.54 Å². The molecule has 3 aromatic rings. The number of nitrogens with zero attached hydrogens (tertiary/aromatic N) is 3. The van der Waals surface area contributed by atoms with Crippen molar-refractivity contribution in [2.45, 2.75) is 32.4 Å². The zero-order valence-electron chi connectivity index (χ0n) is 13.1. The van der Waals surface area contributed by atoms with Crippen LogP contribution in [0.4, 0.5) is 0 Å². The van der Waals surface area contributed by atoms with E-state index in [1.807, 2.05) is 25.3 Å². The summed E-state index contributed by atoms with van der Waals surface area (Å²) < 4.78 is 1.62. The molecule has 118 valence electrons. The lowest BCUT2D eigenvalue weighted by molar-refractivity contribution is 0.246. The van der Waals surface area contributed by atoms with Crippen molar-refractivity contribution >= 4 is 17.0 Å². The molecule has 0 N–H and O–H groups in total. The Morgan fingerprint density at radius 3 is 3.09 bits per heavy atom. The second-order valence-electron chi connectivity index (χ2n) is 6.21. The van der Waals surface area contributed by atoms with Crippen molar-refractivity contribution in [3.05, 3.63) is 68.4 Å². The van der Waals surface area contributed by atoms with Gasteiger partial charge in [-0.3, -0.25) is 14.1 Å². The first kappa shape index (κ1) is 14.6. The molecule has 0 aromatic carbocycles. The van der Waals surface area contributed by atoms with Crippen molar-refractivity contribution in [2.24, 2.45) is 0 Å². The average Bonchev–Trinajstić information content (AvgIpc) is 3.19. The fourth-order valence-electron chi connectivity index (χ4n) is 3.40. The number of hydrogen-bond donors (Lipinski definition) is 0. The average molecular weight is 325 g/mol. The highest BCUT2D eigenvalue weighted by Crippen LogP contribution is 2.33. The summed E-state index contributed by atoms with van der Waals surface area (Å²) in [5.41, 5.74) is 4.04. The van der Waals surface area contributed by atoms with Gasteiger partial charge >= 0.3 is 0 Å². The van der Waals surface area contributed by atoms with E-state index in [1.165, 1.54) is 18.4 Å². The Bertz CT molecular complexity index is 885. The second kappa shape index (κ2) is 5.91. The van der Waals surface area contributed by atoms with Gasteiger partial charge in [0.1, 0.15) is 5.65 Å². The Morgan fingerprint density at radius 2 is 2.26 bits per heavy atom. The molecule has 4 rings (SSSR count). The van der Waals surface area contributed by atoms with Crippen molar-refractivity contribution in [1.29, 1.82) is 0 Å². The van der Waals surface area contributed by atoms with Gasteiger partial charge in [-0.05, 0) is 60.3 Å². The predicted molar refractivity (Wildman–Crippen MR) is 92.9 cm³/mol. The fraction of sp³-hybridized carbons (Fsp3) is 0.333. The van der Waals surface area contributed by atoms with Gasteiger partial charge < -0.3 is 0 Å². The van der Waals surface area contributed by atoms with E-state index in [0.717, 1.165) is 30.0 Å². The number of aromatic nitrogens is 2. The lowest BCUT2D eigenvalue weighted by Gasteiger charge is -2.23. The maximum atomic E-state index is 12.3. The van der Waals surface area contributed by atoms with Crippen molar-refractivity contribution in [1.82, 2.24) is 14.3 Å². The Labute approximate surface area is 139 Å². The molecule has 0 spiro atoms. The van der Waals surface area contributed by atoms with Crippen molar-refractivity contribution in [3.63, 3.8) is 0 Å². The van der Waals surface area contributed by atoms with Gasteiger partial charge in [0, 0.05) is 24.8 Å². The van der Waals surface area contributed by atoms with E-state index >= 15 is 0 Å². The zero-order chi connectivity index (χ0) is 15.8. The van der Waals surface area contributed by atoms with Gasteiger partial charge in [-0.2, -0.15) is 11.3 Å². The highest BCUT2D eigenvalue weighted by atomic mass is 32.1. The number of hydrogen-bond acceptors (Lipinski definition) is 4. The highest BCUT2D eigenvalue weighted by Gasteiger charge is 2.26. The smallest absolute Gasteiger partial charge is 0.258 e. The first-order valence-corrected chi connectivity index (χ1v) is 8.90. The molecule has 0 aliphatic carbocycles. The van der Waals surface area contributed by atoms with E-state index < -0.39 is 0 Å². The standard InChI is InChI=1S/C18H19N3OS/c1-13-4-5-17-19-15(9-18(22)21(17)10-13)11-20-7-2-3-16(20)14-6-8-23-12-14/h4-6,8-10,12,16H,2-3,7,11H2,1H3/t16-/m1/s1. The van der Waals surface area contributed by atoms with Gasteiger partial charge in [0.2, 0.25) is 0 Å². The largest absolute Gasteiger partial charge is 0.290 e. The van der Waals surface area contributed by atoms with Crippen LogP contribution in [0.2, 0.25) is 0 Å². The predicted octanol–water partition coefficient (Wildman–Crippen LogP) is 3.40. The molecule has 1 fully saturated rings. The summed E-state index contributed by atoms with van der Waals surface area (Å²) in [7, 11) is 0. The van der Waals surface area contributed by atoms with Crippen molar-refractivity contribution in [3.8, 4) is 0 Å². The third kappa shape index (κ3) is 2.82. The SMILES string of the molecule is Cc1ccc2nc(CN3CCC[C@@H]3c3ccsc3)cc(=O)n2c1. The van der Waals surface area contributed by atoms with Crippen LogP contribution in [0.3, 0.4) is 0 Å². The van der Waals surface area contributed by atoms with Crippen LogP contribution in [0.25, 0.3) is 5.65 Å². The van der Waals surface area contributed by atoms with Crippen LogP contribution in [0.15, 0.2) is 46.0 Å². The Hall–Kier alpha value is -1.98. The highest BCUT2D eigenvalue weighted by molar-refractivity contribution is 7.07. The summed E-state index contributed by atoms with van der Waals surface area (Å²) >= 11 is 1.74. The summed E-state index contributed by atoms with van der Waals surface area (Å²) in [6.07, 6.45) is 4.23. The molecule has 4 heterocycles. The molecule has 0 bridgehead atoms. The summed E-state index contributed by atoms with van der Waals surface area (Å²) in [5, 5.41) is 4.36. The van der Waals surface area contributed by atoms with Gasteiger partial charge in [-0.15, -0.1) is 0 Å². The maximum absolute atomic E-state index is 12.3. The van der Waals surface area contributed by atoms with Gasteiger partial charge in [0.25, 0.3) is 5.56 Å². The molecule has 4 nitrogen and oxygen atoms in total. The molecule has 3 aromatic heterocycles. The number of thiophene rings is 1. The third-order valence-corrected chi connectivity index (χ3v) is 5.22. The zero-order valence-corrected chi connectivity index (χ0v) is 13.9. The van der Waals surface area contributed by atoms with E-state index in [2.05, 4.69) is 26.7 Å². The monoisotopic (exact) mass is 325 g/mol. The number of rotatable bonds is 3. The number of pyridine rings is 1. The quantitative estimate of drug-likeness (QED) is 0.741. The number of fused-ring (bicyclic) bond motifs is 1. The van der Waals surface area contributed by atoms with E-state index in [-0.39, 0.29) is 5.56 Å². The molecule has 5 heteroatoms. The topological polar surface area (TPSA) is 37.6 Å². The van der Waals surface area contributed by atoms with Crippen molar-refractivity contribution < 1.29 is 0 Å². The van der Waals surface area contributed by atoms with E-state index in [1.54, 1.807) is 21.8 Å². The van der Waals surface area contributed by atoms with Crippen LogP contribution >= 0.6 is 11.3 Å². The van der Waals surface area contributed by atoms with Crippen LogP contribution in [-0.2, 0) is 6.54 Å². The van der Waals surface area contributed by atoms with Gasteiger partial charge in [-0.25, -0.2) is 4.98 Å². The minimum Gasteiger partial charge on any atom is -0.290 e. The Morgan fingerprint density at radius 1 is 1.35 bits per heavy atom. The van der Waals surface area contributed by atoms with Crippen LogP contribution in [0.5, 0.6) is 0 Å². The molecule has 1 aliphatic heterocycles. The van der Waals surface area contributed by atoms with Gasteiger partial charge in [0.05, 0.1) is 5.69 Å². The van der Waals surface area contributed by atoms with Gasteiger partial charge in [0.15, 0.2) is 0 Å². The molecular weight excluding hydrogens is 306 g/mol.